The molecular formula is C27H46N8O5. The fraction of sp³-hybridized carbons (Fsp3) is 0.593. The van der Waals surface area contributed by atoms with Crippen molar-refractivity contribution in [3.63, 3.8) is 0 Å². The molecule has 0 aliphatic carbocycles. The third kappa shape index (κ3) is 13.9. The summed E-state index contributed by atoms with van der Waals surface area (Å²) in [4.78, 5) is 55.0. The largest absolute Gasteiger partial charge is 0.480 e. The molecule has 224 valence electrons. The number of carbonyl (C=O) groups excluding carboxylic acids is 3. The summed E-state index contributed by atoms with van der Waals surface area (Å²) in [5, 5.41) is 17.5. The van der Waals surface area contributed by atoms with Gasteiger partial charge in [-0.05, 0) is 63.0 Å². The highest BCUT2D eigenvalue weighted by Gasteiger charge is 2.30. The first-order valence-electron chi connectivity index (χ1n) is 13.6. The Morgan fingerprint density at radius 1 is 0.850 bits per heavy atom. The van der Waals surface area contributed by atoms with E-state index in [1.807, 2.05) is 44.2 Å². The second-order valence-corrected chi connectivity index (χ2v) is 10.2. The van der Waals surface area contributed by atoms with E-state index >= 15 is 0 Å². The molecule has 4 unspecified atom stereocenters. The van der Waals surface area contributed by atoms with Crippen molar-refractivity contribution in [2.24, 2.45) is 33.8 Å². The lowest BCUT2D eigenvalue weighted by Gasteiger charge is -2.25. The van der Waals surface area contributed by atoms with E-state index in [0.717, 1.165) is 5.56 Å². The molecule has 0 aliphatic heterocycles. The predicted molar refractivity (Wildman–Crippen MR) is 154 cm³/mol. The Hall–Kier alpha value is -3.71. The van der Waals surface area contributed by atoms with E-state index in [2.05, 4.69) is 20.9 Å². The van der Waals surface area contributed by atoms with Gasteiger partial charge in [0.15, 0.2) is 5.96 Å². The molecule has 0 fully saturated rings. The molecule has 0 saturated heterocycles. The average molecular weight is 563 g/mol. The number of guanidine groups is 1. The quantitative estimate of drug-likeness (QED) is 0.0604. The molecule has 40 heavy (non-hydrogen) atoms. The number of aliphatic carboxylic acids is 1. The normalized spacial score (nSPS) is 13.9. The number of nitrogens with one attached hydrogen (secondary N) is 3. The van der Waals surface area contributed by atoms with Crippen LogP contribution in [0, 0.1) is 5.92 Å². The maximum absolute atomic E-state index is 13.4. The average Bonchev–Trinajstić information content (AvgIpc) is 2.89. The summed E-state index contributed by atoms with van der Waals surface area (Å²) in [6, 6.07) is 5.16. The second kappa shape index (κ2) is 18.6. The lowest BCUT2D eigenvalue weighted by atomic mass is 10.0. The highest BCUT2D eigenvalue weighted by Crippen LogP contribution is 2.09. The fourth-order valence-electron chi connectivity index (χ4n) is 4.01. The van der Waals surface area contributed by atoms with E-state index in [-0.39, 0.29) is 44.1 Å². The molecule has 12 N–H and O–H groups in total. The number of carbonyl (C=O) groups is 4. The minimum absolute atomic E-state index is 0.0246. The van der Waals surface area contributed by atoms with Gasteiger partial charge in [-0.2, -0.15) is 0 Å². The maximum Gasteiger partial charge on any atom is 0.326 e. The molecule has 0 spiro atoms. The van der Waals surface area contributed by atoms with E-state index in [4.69, 9.17) is 22.9 Å². The molecule has 1 aromatic rings. The fourth-order valence-corrected chi connectivity index (χ4v) is 4.01. The smallest absolute Gasteiger partial charge is 0.326 e. The summed E-state index contributed by atoms with van der Waals surface area (Å²) in [5.74, 6) is -2.99. The summed E-state index contributed by atoms with van der Waals surface area (Å²) >= 11 is 0. The van der Waals surface area contributed by atoms with Crippen LogP contribution >= 0.6 is 0 Å². The Morgan fingerprint density at radius 2 is 1.40 bits per heavy atom. The van der Waals surface area contributed by atoms with Gasteiger partial charge in [-0.15, -0.1) is 0 Å². The van der Waals surface area contributed by atoms with Gasteiger partial charge >= 0.3 is 5.97 Å². The number of amides is 3. The highest BCUT2D eigenvalue weighted by atomic mass is 16.4. The van der Waals surface area contributed by atoms with Crippen LogP contribution in [0.1, 0.15) is 57.9 Å². The van der Waals surface area contributed by atoms with Gasteiger partial charge in [0.05, 0.1) is 6.04 Å². The molecule has 4 atom stereocenters. The van der Waals surface area contributed by atoms with Gasteiger partial charge in [0.25, 0.3) is 0 Å². The van der Waals surface area contributed by atoms with Crippen LogP contribution in [0.4, 0.5) is 0 Å². The van der Waals surface area contributed by atoms with Gasteiger partial charge in [0.2, 0.25) is 17.7 Å². The molecule has 0 heterocycles. The van der Waals surface area contributed by atoms with Crippen LogP contribution in [0.5, 0.6) is 0 Å². The molecule has 3 amide bonds. The minimum atomic E-state index is -1.16. The molecule has 0 aliphatic rings. The van der Waals surface area contributed by atoms with Crippen LogP contribution in [-0.2, 0) is 25.6 Å². The van der Waals surface area contributed by atoms with Gasteiger partial charge in [-0.1, -0.05) is 44.2 Å². The van der Waals surface area contributed by atoms with Crippen molar-refractivity contribution >= 4 is 29.7 Å². The number of nitrogens with zero attached hydrogens (tertiary/aromatic N) is 1. The number of benzene rings is 1. The van der Waals surface area contributed by atoms with E-state index in [9.17, 15) is 24.3 Å². The third-order valence-electron chi connectivity index (χ3n) is 6.12. The summed E-state index contributed by atoms with van der Waals surface area (Å²) in [5.41, 5.74) is 23.3. The Kier molecular flexibility index (Phi) is 15.9. The van der Waals surface area contributed by atoms with Crippen LogP contribution < -0.4 is 38.9 Å². The van der Waals surface area contributed by atoms with Crippen molar-refractivity contribution in [2.75, 3.05) is 13.1 Å². The molecule has 13 heteroatoms. The summed E-state index contributed by atoms with van der Waals surface area (Å²) in [7, 11) is 0. The zero-order chi connectivity index (χ0) is 30.1. The lowest BCUT2D eigenvalue weighted by Crippen LogP contribution is -2.57. The van der Waals surface area contributed by atoms with Crippen molar-refractivity contribution in [1.29, 1.82) is 0 Å². The first kappa shape index (κ1) is 34.3. The number of carboxylic acid groups (broad SMARTS) is 1. The van der Waals surface area contributed by atoms with Gasteiger partial charge in [-0.3, -0.25) is 19.4 Å². The van der Waals surface area contributed by atoms with E-state index in [0.29, 0.717) is 25.8 Å². The predicted octanol–water partition coefficient (Wildman–Crippen LogP) is -0.676. The SMILES string of the molecule is CC(C)CC(NC(=O)C(CCCCN)NC(=O)C(CCCN=C(N)N)NC(=O)C(N)Cc1ccccc1)C(=O)O. The summed E-state index contributed by atoms with van der Waals surface area (Å²) < 4.78 is 0. The van der Waals surface area contributed by atoms with E-state index < -0.39 is 47.9 Å². The summed E-state index contributed by atoms with van der Waals surface area (Å²) in [6.07, 6.45) is 2.42. The molecule has 0 saturated carbocycles. The monoisotopic (exact) mass is 562 g/mol. The van der Waals surface area contributed by atoms with E-state index in [1.54, 1.807) is 0 Å². The second-order valence-electron chi connectivity index (χ2n) is 10.2. The van der Waals surface area contributed by atoms with Crippen LogP contribution in [0.15, 0.2) is 35.3 Å². The van der Waals surface area contributed by atoms with Gasteiger partial charge in [0, 0.05) is 6.54 Å². The lowest BCUT2D eigenvalue weighted by molar-refractivity contribution is -0.142. The molecule has 0 aromatic heterocycles. The minimum Gasteiger partial charge on any atom is -0.480 e. The maximum atomic E-state index is 13.4. The number of rotatable bonds is 19. The molecule has 0 bridgehead atoms. The molecule has 0 radical (unpaired) electrons. The molecule has 1 aromatic carbocycles. The highest BCUT2D eigenvalue weighted by molar-refractivity contribution is 5.94. The zero-order valence-corrected chi connectivity index (χ0v) is 23.5. The van der Waals surface area contributed by atoms with Crippen molar-refractivity contribution in [3.8, 4) is 0 Å². The van der Waals surface area contributed by atoms with Crippen LogP contribution in [-0.4, -0.2) is 72.0 Å². The van der Waals surface area contributed by atoms with Crippen LogP contribution in [0.25, 0.3) is 0 Å². The van der Waals surface area contributed by atoms with Crippen molar-refractivity contribution in [3.05, 3.63) is 35.9 Å². The number of nitrogens with two attached hydrogens (primary N) is 4. The standard InChI is InChI=1S/C27H46N8O5/c1-17(2)15-22(26(39)40)35-25(38)20(11-6-7-13-28)34-24(37)21(12-8-14-32-27(30)31)33-23(36)19(29)16-18-9-4-3-5-10-18/h3-5,9-10,17,19-22H,6-8,11-16,28-29H2,1-2H3,(H,33,36)(H,34,37)(H,35,38)(H,39,40)(H4,30,31,32). The first-order chi connectivity index (χ1) is 18.9. The van der Waals surface area contributed by atoms with Crippen LogP contribution in [0.2, 0.25) is 0 Å². The number of hydrogen-bond acceptors (Lipinski definition) is 7. The number of hydrogen-bond donors (Lipinski definition) is 8. The Labute approximate surface area is 235 Å². The third-order valence-corrected chi connectivity index (χ3v) is 6.12. The van der Waals surface area contributed by atoms with Gasteiger partial charge in [0.1, 0.15) is 18.1 Å². The van der Waals surface area contributed by atoms with Crippen molar-refractivity contribution < 1.29 is 24.3 Å². The van der Waals surface area contributed by atoms with E-state index in [1.165, 1.54) is 0 Å². The number of carboxylic acids is 1. The van der Waals surface area contributed by atoms with Gasteiger partial charge in [-0.25, -0.2) is 4.79 Å². The first-order valence-corrected chi connectivity index (χ1v) is 13.6. The number of unbranched alkanes of at least 4 members (excludes halogenated alkanes) is 1. The summed E-state index contributed by atoms with van der Waals surface area (Å²) in [6.45, 7) is 4.32. The van der Waals surface area contributed by atoms with Crippen molar-refractivity contribution in [1.82, 2.24) is 16.0 Å². The van der Waals surface area contributed by atoms with Gasteiger partial charge < -0.3 is 44.0 Å². The Morgan fingerprint density at radius 3 is 1.93 bits per heavy atom. The number of aliphatic imine (C=N–C) groups is 1. The van der Waals surface area contributed by atoms with Crippen LogP contribution in [0.3, 0.4) is 0 Å². The molecular weight excluding hydrogens is 516 g/mol. The molecule has 1 rings (SSSR count). The topological polar surface area (TPSA) is 241 Å². The van der Waals surface area contributed by atoms with Crippen molar-refractivity contribution in [2.45, 2.75) is 83.0 Å². The Balaban J connectivity index is 3.04. The Bertz CT molecular complexity index is 969. The molecule has 13 nitrogen and oxygen atoms in total. The zero-order valence-electron chi connectivity index (χ0n) is 23.5.